The van der Waals surface area contributed by atoms with Crippen molar-refractivity contribution in [2.24, 2.45) is 0 Å². The first-order valence-electron chi connectivity index (χ1n) is 11.5. The molecule has 31 heavy (non-hydrogen) atoms. The van der Waals surface area contributed by atoms with Crippen LogP contribution in [-0.4, -0.2) is 67.7 Å². The third-order valence-electron chi connectivity index (χ3n) is 7.15. The molecule has 1 N–H and O–H groups in total. The highest BCUT2D eigenvalue weighted by atomic mass is 19.1. The van der Waals surface area contributed by atoms with Crippen molar-refractivity contribution in [3.8, 4) is 0 Å². The van der Waals surface area contributed by atoms with E-state index >= 15 is 0 Å². The number of halogens is 1. The minimum absolute atomic E-state index is 0.0747. The van der Waals surface area contributed by atoms with Crippen molar-refractivity contribution in [2.75, 3.05) is 50.7 Å². The van der Waals surface area contributed by atoms with Crippen molar-refractivity contribution in [1.29, 1.82) is 0 Å². The molecule has 0 saturated carbocycles. The minimum atomic E-state index is -0.179. The summed E-state index contributed by atoms with van der Waals surface area (Å²) in [4.78, 5) is 18.7. The van der Waals surface area contributed by atoms with Gasteiger partial charge in [0.2, 0.25) is 0 Å². The maximum absolute atomic E-state index is 13.5. The number of hydrogen-bond donors (Lipinski definition) is 1. The SMILES string of the molecule is Cc1ccc2c(c1)C(c1ccc(F)cc1)CN2C1CCN(CCN2CCNC2=O)CC1. The van der Waals surface area contributed by atoms with Crippen molar-refractivity contribution in [2.45, 2.75) is 31.7 Å². The molecule has 2 amide bonds. The number of piperidine rings is 1. The van der Waals surface area contributed by atoms with E-state index in [1.165, 1.54) is 22.4 Å². The van der Waals surface area contributed by atoms with Gasteiger partial charge in [-0.1, -0.05) is 29.8 Å². The monoisotopic (exact) mass is 422 g/mol. The number of aryl methyl sites for hydroxylation is 1. The van der Waals surface area contributed by atoms with Crippen molar-refractivity contribution in [1.82, 2.24) is 15.1 Å². The van der Waals surface area contributed by atoms with E-state index in [2.05, 4.69) is 40.2 Å². The molecule has 0 radical (unpaired) electrons. The normalized spacial score (nSPS) is 22.1. The standard InChI is InChI=1S/C25H31FN4O/c1-18-2-7-24-22(16-18)23(19-3-5-20(26)6-4-19)17-30(24)21-8-11-28(12-9-21)14-15-29-13-10-27-25(29)31/h2-7,16,21,23H,8-15,17H2,1H3,(H,27,31). The fourth-order valence-corrected chi connectivity index (χ4v) is 5.38. The maximum atomic E-state index is 13.5. The van der Waals surface area contributed by atoms with Gasteiger partial charge >= 0.3 is 6.03 Å². The number of anilines is 1. The zero-order chi connectivity index (χ0) is 21.4. The molecule has 0 spiro atoms. The van der Waals surface area contributed by atoms with Gasteiger partial charge in [-0.15, -0.1) is 0 Å². The van der Waals surface area contributed by atoms with Crippen LogP contribution in [0.3, 0.4) is 0 Å². The molecule has 2 fully saturated rings. The average Bonchev–Trinajstić information content (AvgIpc) is 3.36. The van der Waals surface area contributed by atoms with Crippen molar-refractivity contribution < 1.29 is 9.18 Å². The average molecular weight is 423 g/mol. The fraction of sp³-hybridized carbons (Fsp3) is 0.480. The highest BCUT2D eigenvalue weighted by molar-refractivity contribution is 5.76. The Morgan fingerprint density at radius 3 is 2.52 bits per heavy atom. The van der Waals surface area contributed by atoms with Gasteiger partial charge in [0.25, 0.3) is 0 Å². The van der Waals surface area contributed by atoms with Crippen molar-refractivity contribution >= 4 is 11.7 Å². The summed E-state index contributed by atoms with van der Waals surface area (Å²) < 4.78 is 13.5. The predicted molar refractivity (Wildman–Crippen MR) is 121 cm³/mol. The van der Waals surface area contributed by atoms with Crippen LogP contribution < -0.4 is 10.2 Å². The van der Waals surface area contributed by atoms with Gasteiger partial charge in [0.05, 0.1) is 0 Å². The Hall–Kier alpha value is -2.60. The molecular formula is C25H31FN4O. The Morgan fingerprint density at radius 2 is 1.81 bits per heavy atom. The predicted octanol–water partition coefficient (Wildman–Crippen LogP) is 3.58. The van der Waals surface area contributed by atoms with E-state index in [0.717, 1.165) is 58.7 Å². The molecule has 164 valence electrons. The van der Waals surface area contributed by atoms with Gasteiger partial charge in [0, 0.05) is 63.5 Å². The molecule has 3 heterocycles. The summed E-state index contributed by atoms with van der Waals surface area (Å²) in [6.07, 6.45) is 2.27. The molecule has 5 nitrogen and oxygen atoms in total. The summed E-state index contributed by atoms with van der Waals surface area (Å²) in [5, 5.41) is 2.88. The smallest absolute Gasteiger partial charge is 0.317 e. The molecule has 5 rings (SSSR count). The number of carbonyl (C=O) groups is 1. The van der Waals surface area contributed by atoms with Crippen LogP contribution >= 0.6 is 0 Å². The molecule has 1 unspecified atom stereocenters. The first kappa shape index (κ1) is 20.3. The van der Waals surface area contributed by atoms with Crippen LogP contribution in [-0.2, 0) is 0 Å². The van der Waals surface area contributed by atoms with E-state index < -0.39 is 0 Å². The molecule has 2 saturated heterocycles. The van der Waals surface area contributed by atoms with E-state index in [0.29, 0.717) is 12.0 Å². The first-order valence-corrected chi connectivity index (χ1v) is 11.5. The number of amides is 2. The van der Waals surface area contributed by atoms with Crippen LogP contribution in [0.2, 0.25) is 0 Å². The van der Waals surface area contributed by atoms with Gasteiger partial charge in [-0.05, 0) is 49.1 Å². The number of fused-ring (bicyclic) bond motifs is 1. The van der Waals surface area contributed by atoms with Crippen LogP contribution in [0.25, 0.3) is 0 Å². The van der Waals surface area contributed by atoms with E-state index in [9.17, 15) is 9.18 Å². The molecule has 0 aliphatic carbocycles. The van der Waals surface area contributed by atoms with Gasteiger partial charge in [-0.2, -0.15) is 0 Å². The number of rotatable bonds is 5. The van der Waals surface area contributed by atoms with E-state index in [4.69, 9.17) is 0 Å². The fourth-order valence-electron chi connectivity index (χ4n) is 5.38. The highest BCUT2D eigenvalue weighted by Gasteiger charge is 2.35. The Bertz CT molecular complexity index is 939. The summed E-state index contributed by atoms with van der Waals surface area (Å²) in [5.41, 5.74) is 5.17. The maximum Gasteiger partial charge on any atom is 0.317 e. The Kier molecular flexibility index (Phi) is 5.57. The second-order valence-corrected chi connectivity index (χ2v) is 9.11. The molecule has 2 aromatic rings. The number of nitrogens with one attached hydrogen (secondary N) is 1. The number of nitrogens with zero attached hydrogens (tertiary/aromatic N) is 3. The minimum Gasteiger partial charge on any atom is -0.367 e. The zero-order valence-corrected chi connectivity index (χ0v) is 18.2. The molecule has 0 bridgehead atoms. The second-order valence-electron chi connectivity index (χ2n) is 9.11. The van der Waals surface area contributed by atoms with Crippen LogP contribution in [0.1, 0.15) is 35.4 Å². The highest BCUT2D eigenvalue weighted by Crippen LogP contribution is 2.43. The molecule has 0 aromatic heterocycles. The number of hydrogen-bond acceptors (Lipinski definition) is 3. The lowest BCUT2D eigenvalue weighted by atomic mass is 9.92. The number of likely N-dealkylation sites (tertiary alicyclic amines) is 1. The van der Waals surface area contributed by atoms with Crippen LogP contribution in [0.15, 0.2) is 42.5 Å². The van der Waals surface area contributed by atoms with Crippen molar-refractivity contribution in [3.63, 3.8) is 0 Å². The third kappa shape index (κ3) is 4.13. The summed E-state index contributed by atoms with van der Waals surface area (Å²) in [6.45, 7) is 8.60. The molecular weight excluding hydrogens is 391 g/mol. The number of urea groups is 1. The van der Waals surface area contributed by atoms with E-state index in [-0.39, 0.29) is 11.8 Å². The lowest BCUT2D eigenvalue weighted by Gasteiger charge is -2.38. The Morgan fingerprint density at radius 1 is 1.03 bits per heavy atom. The zero-order valence-electron chi connectivity index (χ0n) is 18.2. The van der Waals surface area contributed by atoms with Crippen LogP contribution in [0, 0.1) is 12.7 Å². The summed E-state index contributed by atoms with van der Waals surface area (Å²) in [5.74, 6) is 0.115. The summed E-state index contributed by atoms with van der Waals surface area (Å²) >= 11 is 0. The van der Waals surface area contributed by atoms with Crippen molar-refractivity contribution in [3.05, 3.63) is 65.0 Å². The Labute approximate surface area is 183 Å². The van der Waals surface area contributed by atoms with Gasteiger partial charge in [-0.3, -0.25) is 0 Å². The molecule has 3 aliphatic heterocycles. The summed E-state index contributed by atoms with van der Waals surface area (Å²) in [6, 6.07) is 14.4. The molecule has 2 aromatic carbocycles. The summed E-state index contributed by atoms with van der Waals surface area (Å²) in [7, 11) is 0. The lowest BCUT2D eigenvalue weighted by Crippen LogP contribution is -2.46. The quantitative estimate of drug-likeness (QED) is 0.801. The molecule has 6 heteroatoms. The third-order valence-corrected chi connectivity index (χ3v) is 7.15. The van der Waals surface area contributed by atoms with Crippen LogP contribution in [0.5, 0.6) is 0 Å². The van der Waals surface area contributed by atoms with E-state index in [1.807, 2.05) is 17.0 Å². The lowest BCUT2D eigenvalue weighted by molar-refractivity contribution is 0.179. The molecule has 1 atom stereocenters. The number of carbonyl (C=O) groups excluding carboxylic acids is 1. The second kappa shape index (κ2) is 8.50. The van der Waals surface area contributed by atoms with Gasteiger partial charge in [0.1, 0.15) is 5.82 Å². The van der Waals surface area contributed by atoms with Gasteiger partial charge in [-0.25, -0.2) is 9.18 Å². The van der Waals surface area contributed by atoms with Crippen LogP contribution in [0.4, 0.5) is 14.9 Å². The van der Waals surface area contributed by atoms with Gasteiger partial charge < -0.3 is 20.0 Å². The topological polar surface area (TPSA) is 38.8 Å². The van der Waals surface area contributed by atoms with E-state index in [1.54, 1.807) is 12.1 Å². The number of benzene rings is 2. The first-order chi connectivity index (χ1) is 15.1. The largest absolute Gasteiger partial charge is 0.367 e. The van der Waals surface area contributed by atoms with Gasteiger partial charge in [0.15, 0.2) is 0 Å². The molecule has 3 aliphatic rings. The Balaban J connectivity index is 1.25.